The molecule has 2 atom stereocenters. The van der Waals surface area contributed by atoms with Gasteiger partial charge >= 0.3 is 18.2 Å². The van der Waals surface area contributed by atoms with Crippen LogP contribution in [0.15, 0.2) is 54.6 Å². The number of nitrogens with one attached hydrogen (secondary N) is 2. The molecule has 0 unspecified atom stereocenters. The molecule has 36 heavy (non-hydrogen) atoms. The molecular formula is C26H34N2O7S. The van der Waals surface area contributed by atoms with Crippen LogP contribution in [-0.2, 0) is 25.6 Å². The Morgan fingerprint density at radius 2 is 1.58 bits per heavy atom. The van der Waals surface area contributed by atoms with Crippen LogP contribution in [0.5, 0.6) is 5.75 Å². The lowest BCUT2D eigenvalue weighted by atomic mass is 9.99. The number of hydrogen-bond acceptors (Lipinski definition) is 8. The van der Waals surface area contributed by atoms with Gasteiger partial charge in [0, 0.05) is 5.75 Å². The van der Waals surface area contributed by atoms with E-state index in [0.29, 0.717) is 17.1 Å². The first-order valence-corrected chi connectivity index (χ1v) is 12.8. The molecule has 10 heteroatoms. The number of ether oxygens (including phenoxy) is 4. The van der Waals surface area contributed by atoms with Gasteiger partial charge < -0.3 is 29.6 Å². The Kier molecular flexibility index (Phi) is 11.4. The second-order valence-corrected chi connectivity index (χ2v) is 9.73. The minimum atomic E-state index is -1.30. The molecule has 2 amide bonds. The molecule has 0 fully saturated rings. The highest BCUT2D eigenvalue weighted by Gasteiger charge is 2.35. The monoisotopic (exact) mass is 518 g/mol. The van der Waals surface area contributed by atoms with E-state index >= 15 is 0 Å². The fourth-order valence-electron chi connectivity index (χ4n) is 3.09. The fourth-order valence-corrected chi connectivity index (χ4v) is 3.34. The van der Waals surface area contributed by atoms with Crippen molar-refractivity contribution in [1.82, 2.24) is 10.6 Å². The van der Waals surface area contributed by atoms with Gasteiger partial charge in [-0.3, -0.25) is 0 Å². The molecule has 2 aromatic rings. The third-order valence-corrected chi connectivity index (χ3v) is 5.33. The summed E-state index contributed by atoms with van der Waals surface area (Å²) in [4.78, 5) is 38.5. The first-order valence-electron chi connectivity index (χ1n) is 11.4. The molecule has 2 rings (SSSR count). The molecule has 9 nitrogen and oxygen atoms in total. The van der Waals surface area contributed by atoms with Crippen LogP contribution >= 0.6 is 11.8 Å². The number of rotatable bonds is 11. The van der Waals surface area contributed by atoms with Crippen LogP contribution in [-0.4, -0.2) is 55.5 Å². The van der Waals surface area contributed by atoms with Crippen molar-refractivity contribution in [2.24, 2.45) is 0 Å². The van der Waals surface area contributed by atoms with Crippen molar-refractivity contribution in [3.05, 3.63) is 65.7 Å². The fraction of sp³-hybridized carbons (Fsp3) is 0.423. The summed E-state index contributed by atoms with van der Waals surface area (Å²) in [6.45, 7) is 5.32. The number of benzene rings is 2. The van der Waals surface area contributed by atoms with Crippen LogP contribution in [0.4, 0.5) is 9.59 Å². The Labute approximate surface area is 216 Å². The zero-order chi connectivity index (χ0) is 26.6. The van der Waals surface area contributed by atoms with Crippen LogP contribution in [0.1, 0.15) is 37.9 Å². The topological polar surface area (TPSA) is 112 Å². The molecule has 196 valence electrons. The smallest absolute Gasteiger partial charge is 0.408 e. The third-order valence-electron chi connectivity index (χ3n) is 4.75. The zero-order valence-corrected chi connectivity index (χ0v) is 22.1. The van der Waals surface area contributed by atoms with E-state index in [1.807, 2.05) is 36.6 Å². The Bertz CT molecular complexity index is 978. The van der Waals surface area contributed by atoms with Gasteiger partial charge in [-0.2, -0.15) is 11.8 Å². The van der Waals surface area contributed by atoms with E-state index in [1.165, 1.54) is 18.9 Å². The zero-order valence-electron chi connectivity index (χ0n) is 21.2. The standard InChI is InChI=1S/C26H34N2O7S/c1-26(2,3)35-25(31)27-21(19-11-13-20(32-4)14-12-19)22(23(29)33-15-16-36-5)28-24(30)34-17-18-9-7-6-8-10-18/h6-14,21-22H,15-17H2,1-5H3,(H,27,31)(H,28,30)/t21-,22+/m1/s1. The molecule has 0 spiro atoms. The lowest BCUT2D eigenvalue weighted by Crippen LogP contribution is -2.52. The lowest BCUT2D eigenvalue weighted by molar-refractivity contribution is -0.146. The van der Waals surface area contributed by atoms with Gasteiger partial charge in [-0.15, -0.1) is 0 Å². The van der Waals surface area contributed by atoms with Crippen molar-refractivity contribution in [3.63, 3.8) is 0 Å². The van der Waals surface area contributed by atoms with Crippen LogP contribution < -0.4 is 15.4 Å². The number of carbonyl (C=O) groups excluding carboxylic acids is 3. The summed E-state index contributed by atoms with van der Waals surface area (Å²) in [6, 6.07) is 13.5. The largest absolute Gasteiger partial charge is 0.497 e. The van der Waals surface area contributed by atoms with E-state index in [-0.39, 0.29) is 13.2 Å². The molecule has 0 aliphatic heterocycles. The van der Waals surface area contributed by atoms with Crippen LogP contribution in [0.2, 0.25) is 0 Å². The Balaban J connectivity index is 2.31. The quantitative estimate of drug-likeness (QED) is 0.255. The lowest BCUT2D eigenvalue weighted by Gasteiger charge is -2.29. The SMILES string of the molecule is COc1ccc([C@@H](NC(=O)OC(C)(C)C)[C@H](NC(=O)OCc2ccccc2)C(=O)OCCSC)cc1. The molecule has 0 heterocycles. The second-order valence-electron chi connectivity index (χ2n) is 8.74. The summed E-state index contributed by atoms with van der Waals surface area (Å²) in [5.74, 6) is 0.436. The number of thioether (sulfide) groups is 1. The molecule has 2 N–H and O–H groups in total. The molecule has 0 aromatic heterocycles. The van der Waals surface area contributed by atoms with Crippen molar-refractivity contribution in [2.75, 3.05) is 25.7 Å². The van der Waals surface area contributed by atoms with Crippen molar-refractivity contribution in [3.8, 4) is 5.75 Å². The Morgan fingerprint density at radius 3 is 2.17 bits per heavy atom. The van der Waals surface area contributed by atoms with Gasteiger partial charge in [0.05, 0.1) is 13.2 Å². The highest BCUT2D eigenvalue weighted by Crippen LogP contribution is 2.23. The predicted octanol–water partition coefficient (Wildman–Crippen LogP) is 4.46. The van der Waals surface area contributed by atoms with Gasteiger partial charge in [0.2, 0.25) is 0 Å². The molecular weight excluding hydrogens is 484 g/mol. The van der Waals surface area contributed by atoms with E-state index in [4.69, 9.17) is 18.9 Å². The van der Waals surface area contributed by atoms with E-state index in [2.05, 4.69) is 10.6 Å². The van der Waals surface area contributed by atoms with Gasteiger partial charge in [-0.05, 0) is 50.3 Å². The second kappa shape index (κ2) is 14.2. The number of carbonyl (C=O) groups is 3. The summed E-state index contributed by atoms with van der Waals surface area (Å²) >= 11 is 1.51. The minimum Gasteiger partial charge on any atom is -0.497 e. The highest BCUT2D eigenvalue weighted by molar-refractivity contribution is 7.98. The first-order chi connectivity index (χ1) is 17.1. The van der Waals surface area contributed by atoms with Crippen LogP contribution in [0.25, 0.3) is 0 Å². The van der Waals surface area contributed by atoms with Crippen LogP contribution in [0.3, 0.4) is 0 Å². The average molecular weight is 519 g/mol. The molecule has 0 aliphatic rings. The van der Waals surface area contributed by atoms with Gasteiger partial charge in [0.25, 0.3) is 0 Å². The number of methoxy groups -OCH3 is 1. The van der Waals surface area contributed by atoms with Gasteiger partial charge in [0.15, 0.2) is 6.04 Å². The van der Waals surface area contributed by atoms with Gasteiger partial charge in [-0.1, -0.05) is 42.5 Å². The molecule has 0 saturated heterocycles. The summed E-state index contributed by atoms with van der Waals surface area (Å²) in [7, 11) is 1.53. The minimum absolute atomic E-state index is 0.00755. The molecule has 0 radical (unpaired) electrons. The maximum atomic E-state index is 13.1. The van der Waals surface area contributed by atoms with Crippen molar-refractivity contribution in [2.45, 2.75) is 45.1 Å². The van der Waals surface area contributed by atoms with E-state index in [9.17, 15) is 14.4 Å². The summed E-state index contributed by atoms with van der Waals surface area (Å²) < 4.78 is 21.3. The highest BCUT2D eigenvalue weighted by atomic mass is 32.2. The number of esters is 1. The Hall–Kier alpha value is -3.40. The normalized spacial score (nSPS) is 12.6. The van der Waals surface area contributed by atoms with E-state index < -0.39 is 35.8 Å². The summed E-state index contributed by atoms with van der Waals surface area (Å²) in [5, 5.41) is 5.26. The third kappa shape index (κ3) is 10.1. The van der Waals surface area contributed by atoms with E-state index in [0.717, 1.165) is 5.56 Å². The van der Waals surface area contributed by atoms with Crippen molar-refractivity contribution in [1.29, 1.82) is 0 Å². The first kappa shape index (κ1) is 28.8. The van der Waals surface area contributed by atoms with Crippen molar-refractivity contribution >= 4 is 29.9 Å². The molecule has 0 saturated carbocycles. The number of hydrogen-bond donors (Lipinski definition) is 2. The summed E-state index contributed by atoms with van der Waals surface area (Å²) in [6.07, 6.45) is 0.286. The summed E-state index contributed by atoms with van der Waals surface area (Å²) in [5.41, 5.74) is 0.535. The van der Waals surface area contributed by atoms with Crippen molar-refractivity contribution < 1.29 is 33.3 Å². The molecule has 2 aromatic carbocycles. The molecule has 0 bridgehead atoms. The predicted molar refractivity (Wildman–Crippen MR) is 138 cm³/mol. The average Bonchev–Trinajstić information content (AvgIpc) is 2.84. The Morgan fingerprint density at radius 1 is 0.917 bits per heavy atom. The van der Waals surface area contributed by atoms with E-state index in [1.54, 1.807) is 45.0 Å². The van der Waals surface area contributed by atoms with Gasteiger partial charge in [-0.25, -0.2) is 14.4 Å². The van der Waals surface area contributed by atoms with Crippen LogP contribution in [0, 0.1) is 0 Å². The molecule has 0 aliphatic carbocycles. The maximum absolute atomic E-state index is 13.1. The maximum Gasteiger partial charge on any atom is 0.408 e. The number of alkyl carbamates (subject to hydrolysis) is 2. The number of amides is 2. The van der Waals surface area contributed by atoms with Gasteiger partial charge in [0.1, 0.15) is 24.6 Å².